The molecule has 1 aliphatic heterocycles. The van der Waals surface area contributed by atoms with Crippen molar-refractivity contribution in [3.63, 3.8) is 0 Å². The Kier molecular flexibility index (Phi) is 6.06. The van der Waals surface area contributed by atoms with Crippen molar-refractivity contribution < 1.29 is 18.7 Å². The third kappa shape index (κ3) is 4.71. The van der Waals surface area contributed by atoms with Gasteiger partial charge in [0.25, 0.3) is 11.8 Å². The number of nitrogens with one attached hydrogen (secondary N) is 1. The van der Waals surface area contributed by atoms with Crippen LogP contribution in [-0.2, 0) is 4.79 Å². The quantitative estimate of drug-likeness (QED) is 0.840. The number of amides is 2. The first-order chi connectivity index (χ1) is 12.5. The number of benzene rings is 1. The molecule has 0 bridgehead atoms. The van der Waals surface area contributed by atoms with Gasteiger partial charge in [0.05, 0.1) is 11.3 Å². The SMILES string of the molecule is O=C(COc1cc(Cl)ccc1Cl)NC1CCN(C(=O)c2ccco2)CC1. The van der Waals surface area contributed by atoms with E-state index < -0.39 is 0 Å². The molecule has 1 aromatic heterocycles. The Morgan fingerprint density at radius 1 is 1.23 bits per heavy atom. The normalized spacial score (nSPS) is 14.9. The van der Waals surface area contributed by atoms with Crippen LogP contribution in [-0.4, -0.2) is 42.5 Å². The summed E-state index contributed by atoms with van der Waals surface area (Å²) in [7, 11) is 0. The third-order valence-electron chi connectivity index (χ3n) is 4.13. The molecule has 0 radical (unpaired) electrons. The Morgan fingerprint density at radius 3 is 2.69 bits per heavy atom. The van der Waals surface area contributed by atoms with Crippen molar-refractivity contribution in [2.75, 3.05) is 19.7 Å². The van der Waals surface area contributed by atoms with E-state index in [9.17, 15) is 9.59 Å². The van der Waals surface area contributed by atoms with E-state index in [1.54, 1.807) is 35.2 Å². The van der Waals surface area contributed by atoms with Gasteiger partial charge >= 0.3 is 0 Å². The fourth-order valence-electron chi connectivity index (χ4n) is 2.78. The molecule has 2 aromatic rings. The number of hydrogen-bond donors (Lipinski definition) is 1. The van der Waals surface area contributed by atoms with Crippen LogP contribution in [0.25, 0.3) is 0 Å². The predicted molar refractivity (Wildman–Crippen MR) is 97.7 cm³/mol. The van der Waals surface area contributed by atoms with Gasteiger partial charge in [-0.15, -0.1) is 0 Å². The van der Waals surface area contributed by atoms with Crippen molar-refractivity contribution in [3.8, 4) is 5.75 Å². The number of ether oxygens (including phenoxy) is 1. The van der Waals surface area contributed by atoms with Gasteiger partial charge in [-0.25, -0.2) is 0 Å². The van der Waals surface area contributed by atoms with Gasteiger partial charge < -0.3 is 19.4 Å². The molecule has 138 valence electrons. The van der Waals surface area contributed by atoms with Gasteiger partial charge in [-0.3, -0.25) is 9.59 Å². The summed E-state index contributed by atoms with van der Waals surface area (Å²) >= 11 is 11.9. The van der Waals surface area contributed by atoms with Crippen LogP contribution in [0.3, 0.4) is 0 Å². The van der Waals surface area contributed by atoms with Crippen LogP contribution >= 0.6 is 23.2 Å². The number of piperidine rings is 1. The summed E-state index contributed by atoms with van der Waals surface area (Å²) in [6.45, 7) is 0.975. The Bertz CT molecular complexity index is 772. The van der Waals surface area contributed by atoms with Gasteiger partial charge in [0, 0.05) is 30.2 Å². The van der Waals surface area contributed by atoms with Crippen LogP contribution in [0, 0.1) is 0 Å². The second-order valence-electron chi connectivity index (χ2n) is 5.97. The van der Waals surface area contributed by atoms with E-state index in [4.69, 9.17) is 32.4 Å². The second-order valence-corrected chi connectivity index (χ2v) is 6.82. The minimum absolute atomic E-state index is 0.00147. The van der Waals surface area contributed by atoms with Crippen molar-refractivity contribution in [1.29, 1.82) is 0 Å². The van der Waals surface area contributed by atoms with Gasteiger partial charge in [0.15, 0.2) is 12.4 Å². The summed E-state index contributed by atoms with van der Waals surface area (Å²) < 4.78 is 10.6. The molecule has 1 aliphatic rings. The Morgan fingerprint density at radius 2 is 2.00 bits per heavy atom. The molecule has 6 nitrogen and oxygen atoms in total. The highest BCUT2D eigenvalue weighted by atomic mass is 35.5. The van der Waals surface area contributed by atoms with Gasteiger partial charge in [-0.05, 0) is 37.1 Å². The molecule has 0 unspecified atom stereocenters. The first-order valence-electron chi connectivity index (χ1n) is 8.23. The Labute approximate surface area is 161 Å². The van der Waals surface area contributed by atoms with Crippen LogP contribution in [0.15, 0.2) is 41.0 Å². The Balaban J connectivity index is 1.43. The number of carbonyl (C=O) groups excluding carboxylic acids is 2. The maximum Gasteiger partial charge on any atom is 0.289 e. The lowest BCUT2D eigenvalue weighted by atomic mass is 10.0. The summed E-state index contributed by atoms with van der Waals surface area (Å²) in [5.74, 6) is 0.336. The molecule has 1 saturated heterocycles. The molecule has 1 fully saturated rings. The summed E-state index contributed by atoms with van der Waals surface area (Å²) in [6.07, 6.45) is 2.83. The Hall–Kier alpha value is -2.18. The first kappa shape index (κ1) is 18.6. The molecule has 0 spiro atoms. The molecule has 2 amide bonds. The van der Waals surface area contributed by atoms with E-state index >= 15 is 0 Å². The van der Waals surface area contributed by atoms with Crippen molar-refractivity contribution >= 4 is 35.0 Å². The number of rotatable bonds is 5. The monoisotopic (exact) mass is 396 g/mol. The number of hydrogen-bond acceptors (Lipinski definition) is 4. The molecule has 1 aromatic carbocycles. The average molecular weight is 397 g/mol. The fourth-order valence-corrected chi connectivity index (χ4v) is 3.12. The third-order valence-corrected chi connectivity index (χ3v) is 4.68. The zero-order chi connectivity index (χ0) is 18.5. The minimum Gasteiger partial charge on any atom is -0.482 e. The standard InChI is InChI=1S/C18H18Cl2N2O4/c19-12-3-4-14(20)16(10-12)26-11-17(23)21-13-5-7-22(8-6-13)18(24)15-2-1-9-25-15/h1-4,9-10,13H,5-8,11H2,(H,21,23). The summed E-state index contributed by atoms with van der Waals surface area (Å²) in [5.41, 5.74) is 0. The maximum atomic E-state index is 12.2. The first-order valence-corrected chi connectivity index (χ1v) is 8.98. The van der Waals surface area contributed by atoms with Crippen LogP contribution in [0.1, 0.15) is 23.4 Å². The lowest BCUT2D eigenvalue weighted by Crippen LogP contribution is -2.47. The number of furan rings is 1. The topological polar surface area (TPSA) is 71.8 Å². The van der Waals surface area contributed by atoms with E-state index in [2.05, 4.69) is 5.32 Å². The highest BCUT2D eigenvalue weighted by Crippen LogP contribution is 2.27. The number of likely N-dealkylation sites (tertiary alicyclic amines) is 1. The number of carbonyl (C=O) groups is 2. The van der Waals surface area contributed by atoms with Gasteiger partial charge in [-0.2, -0.15) is 0 Å². The van der Waals surface area contributed by atoms with E-state index in [0.717, 1.165) is 0 Å². The molecule has 1 N–H and O–H groups in total. The van der Waals surface area contributed by atoms with Crippen LogP contribution in [0.5, 0.6) is 5.75 Å². The summed E-state index contributed by atoms with van der Waals surface area (Å²) in [4.78, 5) is 26.0. The van der Waals surface area contributed by atoms with E-state index in [1.165, 1.54) is 6.26 Å². The largest absolute Gasteiger partial charge is 0.482 e. The predicted octanol–water partition coefficient (Wildman–Crippen LogP) is 3.39. The van der Waals surface area contributed by atoms with E-state index in [1.807, 2.05) is 0 Å². The van der Waals surface area contributed by atoms with Crippen LogP contribution < -0.4 is 10.1 Å². The van der Waals surface area contributed by atoms with E-state index in [0.29, 0.717) is 47.5 Å². The molecule has 3 rings (SSSR count). The van der Waals surface area contributed by atoms with Crippen LogP contribution in [0.2, 0.25) is 10.0 Å². The summed E-state index contributed by atoms with van der Waals surface area (Å²) in [5, 5.41) is 3.80. The van der Waals surface area contributed by atoms with Gasteiger partial charge in [0.1, 0.15) is 5.75 Å². The molecule has 26 heavy (non-hydrogen) atoms. The zero-order valence-electron chi connectivity index (χ0n) is 13.9. The molecule has 8 heteroatoms. The van der Waals surface area contributed by atoms with Crippen molar-refractivity contribution in [1.82, 2.24) is 10.2 Å². The molecule has 2 heterocycles. The van der Waals surface area contributed by atoms with Crippen LogP contribution in [0.4, 0.5) is 0 Å². The molecule has 0 atom stereocenters. The fraction of sp³-hybridized carbons (Fsp3) is 0.333. The van der Waals surface area contributed by atoms with Crippen molar-refractivity contribution in [3.05, 3.63) is 52.4 Å². The molecular weight excluding hydrogens is 379 g/mol. The average Bonchev–Trinajstić information content (AvgIpc) is 3.17. The van der Waals surface area contributed by atoms with Crippen molar-refractivity contribution in [2.24, 2.45) is 0 Å². The smallest absolute Gasteiger partial charge is 0.289 e. The molecule has 0 saturated carbocycles. The minimum atomic E-state index is -0.239. The highest BCUT2D eigenvalue weighted by Gasteiger charge is 2.25. The number of halogens is 2. The summed E-state index contributed by atoms with van der Waals surface area (Å²) in [6, 6.07) is 8.16. The highest BCUT2D eigenvalue weighted by molar-refractivity contribution is 6.34. The second kappa shape index (κ2) is 8.47. The van der Waals surface area contributed by atoms with Gasteiger partial charge in [0.2, 0.25) is 0 Å². The lowest BCUT2D eigenvalue weighted by Gasteiger charge is -2.31. The van der Waals surface area contributed by atoms with Gasteiger partial charge in [-0.1, -0.05) is 23.2 Å². The van der Waals surface area contributed by atoms with E-state index in [-0.39, 0.29) is 24.5 Å². The number of nitrogens with zero attached hydrogens (tertiary/aromatic N) is 1. The molecule has 0 aliphatic carbocycles. The lowest BCUT2D eigenvalue weighted by molar-refractivity contribution is -0.124. The molecular formula is C18H18Cl2N2O4. The zero-order valence-corrected chi connectivity index (χ0v) is 15.4. The van der Waals surface area contributed by atoms with Crippen molar-refractivity contribution in [2.45, 2.75) is 18.9 Å². The maximum absolute atomic E-state index is 12.2.